The molecule has 1 N–H and O–H groups in total. The van der Waals surface area contributed by atoms with E-state index in [1.807, 2.05) is 0 Å². The van der Waals surface area contributed by atoms with Gasteiger partial charge < -0.3 is 14.6 Å². The first kappa shape index (κ1) is 13.7. The van der Waals surface area contributed by atoms with E-state index in [0.717, 1.165) is 0 Å². The molecule has 0 bridgehead atoms. The van der Waals surface area contributed by atoms with Crippen molar-refractivity contribution >= 4 is 15.9 Å². The number of methoxy groups -OCH3 is 2. The Bertz CT molecular complexity index is 423. The van der Waals surface area contributed by atoms with Crippen LogP contribution in [0.5, 0.6) is 11.5 Å². The summed E-state index contributed by atoms with van der Waals surface area (Å²) in [6, 6.07) is 3.08. The number of hydrogen-bond acceptors (Lipinski definition) is 5. The van der Waals surface area contributed by atoms with Crippen LogP contribution in [0.15, 0.2) is 16.6 Å². The molecule has 1 rings (SSSR count). The van der Waals surface area contributed by atoms with E-state index in [9.17, 15) is 15.2 Å². The van der Waals surface area contributed by atoms with Crippen LogP contribution in [-0.2, 0) is 0 Å². The lowest BCUT2D eigenvalue weighted by molar-refractivity contribution is -0.491. The molecule has 0 fully saturated rings. The van der Waals surface area contributed by atoms with Gasteiger partial charge in [-0.15, -0.1) is 0 Å². The fourth-order valence-corrected chi connectivity index (χ4v) is 2.00. The van der Waals surface area contributed by atoms with Crippen molar-refractivity contribution in [2.45, 2.75) is 6.10 Å². The molecule has 1 atom stereocenters. The van der Waals surface area contributed by atoms with E-state index < -0.39 is 17.6 Å². The fraction of sp³-hybridized carbons (Fsp3) is 0.400. The molecule has 7 heteroatoms. The lowest BCUT2D eigenvalue weighted by atomic mass is 10.1. The number of aliphatic hydroxyl groups is 1. The van der Waals surface area contributed by atoms with Crippen LogP contribution in [0, 0.1) is 10.1 Å². The molecule has 0 amide bonds. The highest BCUT2D eigenvalue weighted by Gasteiger charge is 2.18. The Morgan fingerprint density at radius 2 is 2.12 bits per heavy atom. The van der Waals surface area contributed by atoms with Crippen LogP contribution in [-0.4, -0.2) is 30.8 Å². The van der Waals surface area contributed by atoms with Gasteiger partial charge in [0.2, 0.25) is 6.54 Å². The third-order valence-corrected chi connectivity index (χ3v) is 2.75. The average molecular weight is 306 g/mol. The van der Waals surface area contributed by atoms with Crippen molar-refractivity contribution in [3.8, 4) is 11.5 Å². The second-order valence-electron chi connectivity index (χ2n) is 3.27. The van der Waals surface area contributed by atoms with Crippen molar-refractivity contribution in [3.05, 3.63) is 32.3 Å². The zero-order valence-corrected chi connectivity index (χ0v) is 10.9. The molecular formula is C10H12BrNO5. The van der Waals surface area contributed by atoms with Gasteiger partial charge in [-0.2, -0.15) is 0 Å². The van der Waals surface area contributed by atoms with Crippen molar-refractivity contribution in [2.75, 3.05) is 20.8 Å². The molecule has 0 saturated carbocycles. The van der Waals surface area contributed by atoms with E-state index >= 15 is 0 Å². The van der Waals surface area contributed by atoms with Crippen LogP contribution in [0.2, 0.25) is 0 Å². The van der Waals surface area contributed by atoms with Crippen molar-refractivity contribution in [2.24, 2.45) is 0 Å². The summed E-state index contributed by atoms with van der Waals surface area (Å²) in [5.74, 6) is 0.879. The van der Waals surface area contributed by atoms with E-state index in [0.29, 0.717) is 21.5 Å². The minimum Gasteiger partial charge on any atom is -0.493 e. The van der Waals surface area contributed by atoms with Crippen LogP contribution < -0.4 is 9.47 Å². The van der Waals surface area contributed by atoms with Crippen LogP contribution in [0.25, 0.3) is 0 Å². The van der Waals surface area contributed by atoms with E-state index in [2.05, 4.69) is 15.9 Å². The van der Waals surface area contributed by atoms with Gasteiger partial charge in [0.15, 0.2) is 11.5 Å². The van der Waals surface area contributed by atoms with Crippen LogP contribution in [0.4, 0.5) is 0 Å². The Morgan fingerprint density at radius 1 is 1.47 bits per heavy atom. The van der Waals surface area contributed by atoms with Gasteiger partial charge in [0.05, 0.1) is 18.7 Å². The van der Waals surface area contributed by atoms with Gasteiger partial charge in [-0.05, 0) is 33.6 Å². The SMILES string of the molecule is COc1cc(C(O)C[N+](=O)[O-])cc(Br)c1OC. The van der Waals surface area contributed by atoms with Gasteiger partial charge in [0.1, 0.15) is 6.10 Å². The summed E-state index contributed by atoms with van der Waals surface area (Å²) in [5.41, 5.74) is 0.395. The Labute approximate surface area is 106 Å². The van der Waals surface area contributed by atoms with E-state index in [1.54, 1.807) is 6.07 Å². The van der Waals surface area contributed by atoms with Crippen LogP contribution in [0.1, 0.15) is 11.7 Å². The maximum atomic E-state index is 10.3. The first-order chi connectivity index (χ1) is 7.99. The number of rotatable bonds is 5. The third-order valence-electron chi connectivity index (χ3n) is 2.16. The average Bonchev–Trinajstić information content (AvgIpc) is 2.26. The van der Waals surface area contributed by atoms with Crippen molar-refractivity contribution < 1.29 is 19.5 Å². The molecule has 0 aliphatic heterocycles. The van der Waals surface area contributed by atoms with E-state index in [-0.39, 0.29) is 0 Å². The minimum absolute atomic E-state index is 0.395. The second-order valence-corrected chi connectivity index (χ2v) is 4.12. The Balaban J connectivity index is 3.10. The van der Waals surface area contributed by atoms with Gasteiger partial charge >= 0.3 is 0 Å². The summed E-state index contributed by atoms with van der Waals surface area (Å²) in [6.07, 6.45) is -1.18. The molecule has 1 aromatic carbocycles. The summed E-state index contributed by atoms with van der Waals surface area (Å²) >= 11 is 3.25. The number of benzene rings is 1. The maximum absolute atomic E-state index is 10.3. The molecule has 94 valence electrons. The monoisotopic (exact) mass is 305 g/mol. The molecule has 6 nitrogen and oxygen atoms in total. The summed E-state index contributed by atoms with van der Waals surface area (Å²) in [5, 5.41) is 20.0. The second kappa shape index (κ2) is 5.83. The Hall–Kier alpha value is -1.34. The molecule has 0 spiro atoms. The van der Waals surface area contributed by atoms with E-state index in [1.165, 1.54) is 20.3 Å². The van der Waals surface area contributed by atoms with E-state index in [4.69, 9.17) is 9.47 Å². The molecule has 0 aliphatic carbocycles. The highest BCUT2D eigenvalue weighted by molar-refractivity contribution is 9.10. The summed E-state index contributed by atoms with van der Waals surface area (Å²) in [7, 11) is 2.93. The summed E-state index contributed by atoms with van der Waals surface area (Å²) in [6.45, 7) is -0.554. The largest absolute Gasteiger partial charge is 0.493 e. The molecule has 0 aromatic heterocycles. The molecule has 0 radical (unpaired) electrons. The molecule has 0 aliphatic rings. The molecule has 1 aromatic rings. The first-order valence-electron chi connectivity index (χ1n) is 4.70. The van der Waals surface area contributed by atoms with Gasteiger partial charge in [-0.25, -0.2) is 0 Å². The predicted molar refractivity (Wildman–Crippen MR) is 64.1 cm³/mol. The summed E-state index contributed by atoms with van der Waals surface area (Å²) in [4.78, 5) is 9.75. The van der Waals surface area contributed by atoms with Gasteiger partial charge in [0, 0.05) is 4.92 Å². The molecule has 1 unspecified atom stereocenters. The highest BCUT2D eigenvalue weighted by Crippen LogP contribution is 2.37. The number of nitro groups is 1. The standard InChI is InChI=1S/C10H12BrNO5/c1-16-9-4-6(8(13)5-12(14)15)3-7(11)10(9)17-2/h3-4,8,13H,5H2,1-2H3. The minimum atomic E-state index is -1.18. The highest BCUT2D eigenvalue weighted by atomic mass is 79.9. The normalized spacial score (nSPS) is 12.0. The smallest absolute Gasteiger partial charge is 0.233 e. The molecule has 0 heterocycles. The lowest BCUT2D eigenvalue weighted by Crippen LogP contribution is -2.12. The number of halogens is 1. The Kier molecular flexibility index (Phi) is 4.71. The van der Waals surface area contributed by atoms with Crippen LogP contribution >= 0.6 is 15.9 Å². The zero-order chi connectivity index (χ0) is 13.0. The number of aliphatic hydroxyl groups excluding tert-OH is 1. The predicted octanol–water partition coefficient (Wildman–Crippen LogP) is 1.78. The van der Waals surface area contributed by atoms with Crippen LogP contribution in [0.3, 0.4) is 0 Å². The van der Waals surface area contributed by atoms with Crippen molar-refractivity contribution in [1.82, 2.24) is 0 Å². The van der Waals surface area contributed by atoms with Gasteiger partial charge in [-0.1, -0.05) is 0 Å². The zero-order valence-electron chi connectivity index (χ0n) is 9.34. The topological polar surface area (TPSA) is 81.8 Å². The molecular weight excluding hydrogens is 294 g/mol. The summed E-state index contributed by atoms with van der Waals surface area (Å²) < 4.78 is 10.7. The first-order valence-corrected chi connectivity index (χ1v) is 5.50. The number of ether oxygens (including phenoxy) is 2. The van der Waals surface area contributed by atoms with Crippen molar-refractivity contribution in [3.63, 3.8) is 0 Å². The third kappa shape index (κ3) is 3.31. The number of nitrogens with zero attached hydrogens (tertiary/aromatic N) is 1. The fourth-order valence-electron chi connectivity index (χ4n) is 1.38. The quantitative estimate of drug-likeness (QED) is 0.662. The molecule has 0 saturated heterocycles. The molecule has 17 heavy (non-hydrogen) atoms. The number of hydrogen-bond donors (Lipinski definition) is 1. The Morgan fingerprint density at radius 3 is 2.59 bits per heavy atom. The van der Waals surface area contributed by atoms with Gasteiger partial charge in [-0.3, -0.25) is 10.1 Å². The van der Waals surface area contributed by atoms with Gasteiger partial charge in [0.25, 0.3) is 0 Å². The van der Waals surface area contributed by atoms with Crippen molar-refractivity contribution in [1.29, 1.82) is 0 Å². The lowest BCUT2D eigenvalue weighted by Gasteiger charge is -2.13. The maximum Gasteiger partial charge on any atom is 0.233 e.